The van der Waals surface area contributed by atoms with Gasteiger partial charge in [-0.15, -0.1) is 0 Å². The number of Topliss-reactive ketones (excluding diaryl/α,β-unsaturated/α-hetero) is 1. The first kappa shape index (κ1) is 12.5. The first-order chi connectivity index (χ1) is 7.65. The Balaban J connectivity index is 2.56. The van der Waals surface area contributed by atoms with Crippen molar-refractivity contribution in [2.24, 2.45) is 0 Å². The predicted octanol–water partition coefficient (Wildman–Crippen LogP) is 1.92. The van der Waals surface area contributed by atoms with Crippen LogP contribution in [0.25, 0.3) is 0 Å². The van der Waals surface area contributed by atoms with Gasteiger partial charge in [0.2, 0.25) is 0 Å². The van der Waals surface area contributed by atoms with Crippen molar-refractivity contribution in [3.63, 3.8) is 0 Å². The van der Waals surface area contributed by atoms with Gasteiger partial charge in [0, 0.05) is 30.1 Å². The van der Waals surface area contributed by atoms with Gasteiger partial charge in [0.25, 0.3) is 0 Å². The van der Waals surface area contributed by atoms with Gasteiger partial charge in [-0.25, -0.2) is 0 Å². The molecule has 0 aliphatic heterocycles. The van der Waals surface area contributed by atoms with Crippen molar-refractivity contribution in [3.05, 3.63) is 23.8 Å². The monoisotopic (exact) mass is 222 g/mol. The maximum absolute atomic E-state index is 11.2. The van der Waals surface area contributed by atoms with Crippen molar-refractivity contribution in [1.29, 1.82) is 0 Å². The number of carbonyl (C=O) groups is 1. The van der Waals surface area contributed by atoms with Crippen LogP contribution < -0.4 is 11.1 Å². The van der Waals surface area contributed by atoms with E-state index in [1.807, 2.05) is 13.0 Å². The van der Waals surface area contributed by atoms with E-state index >= 15 is 0 Å². The molecule has 0 aromatic heterocycles. The van der Waals surface area contributed by atoms with Crippen molar-refractivity contribution < 1.29 is 9.53 Å². The molecule has 88 valence electrons. The van der Waals surface area contributed by atoms with Gasteiger partial charge in [-0.1, -0.05) is 0 Å². The van der Waals surface area contributed by atoms with Crippen LogP contribution in [-0.2, 0) is 4.74 Å². The molecule has 0 fully saturated rings. The number of carbonyl (C=O) groups excluding carboxylic acids is 1. The SMILES string of the molecule is CCOCCNc1ccc(C(C)=O)c(N)c1. The number of benzene rings is 1. The fourth-order valence-electron chi connectivity index (χ4n) is 1.41. The molecule has 3 N–H and O–H groups in total. The summed E-state index contributed by atoms with van der Waals surface area (Å²) >= 11 is 0. The molecule has 0 radical (unpaired) electrons. The number of nitrogen functional groups attached to an aromatic ring is 1. The maximum Gasteiger partial charge on any atom is 0.161 e. The molecule has 0 bridgehead atoms. The molecule has 0 atom stereocenters. The van der Waals surface area contributed by atoms with E-state index in [9.17, 15) is 4.79 Å². The quantitative estimate of drug-likeness (QED) is 0.438. The van der Waals surface area contributed by atoms with Crippen molar-refractivity contribution >= 4 is 17.2 Å². The molecule has 4 heteroatoms. The van der Waals surface area contributed by atoms with E-state index in [4.69, 9.17) is 10.5 Å². The van der Waals surface area contributed by atoms with E-state index < -0.39 is 0 Å². The topological polar surface area (TPSA) is 64.3 Å². The van der Waals surface area contributed by atoms with Gasteiger partial charge in [0.05, 0.1) is 6.61 Å². The van der Waals surface area contributed by atoms with Gasteiger partial charge < -0.3 is 15.8 Å². The zero-order valence-electron chi connectivity index (χ0n) is 9.75. The minimum Gasteiger partial charge on any atom is -0.398 e. The average Bonchev–Trinajstić information content (AvgIpc) is 2.24. The summed E-state index contributed by atoms with van der Waals surface area (Å²) in [5.74, 6) is -0.0154. The molecule has 1 aromatic rings. The fraction of sp³-hybridized carbons (Fsp3) is 0.417. The van der Waals surface area contributed by atoms with Crippen LogP contribution in [-0.4, -0.2) is 25.5 Å². The van der Waals surface area contributed by atoms with Crippen LogP contribution in [0.2, 0.25) is 0 Å². The number of hydrogen-bond acceptors (Lipinski definition) is 4. The molecule has 0 saturated carbocycles. The van der Waals surface area contributed by atoms with Gasteiger partial charge in [-0.05, 0) is 32.0 Å². The Labute approximate surface area is 95.8 Å². The Kier molecular flexibility index (Phi) is 4.79. The Morgan fingerprint density at radius 1 is 1.50 bits per heavy atom. The Morgan fingerprint density at radius 2 is 2.25 bits per heavy atom. The van der Waals surface area contributed by atoms with Gasteiger partial charge >= 0.3 is 0 Å². The van der Waals surface area contributed by atoms with E-state index in [0.717, 1.165) is 12.2 Å². The number of nitrogens with two attached hydrogens (primary N) is 1. The molecule has 0 spiro atoms. The lowest BCUT2D eigenvalue weighted by Gasteiger charge is -2.08. The number of anilines is 2. The van der Waals surface area contributed by atoms with Gasteiger partial charge in [0.15, 0.2) is 5.78 Å². The summed E-state index contributed by atoms with van der Waals surface area (Å²) in [6, 6.07) is 5.35. The number of rotatable bonds is 6. The van der Waals surface area contributed by atoms with E-state index in [-0.39, 0.29) is 5.78 Å². The lowest BCUT2D eigenvalue weighted by molar-refractivity contribution is 0.101. The third-order valence-corrected chi connectivity index (χ3v) is 2.21. The number of nitrogens with one attached hydrogen (secondary N) is 1. The third kappa shape index (κ3) is 3.55. The summed E-state index contributed by atoms with van der Waals surface area (Å²) < 4.78 is 5.20. The Bertz CT molecular complexity index is 364. The highest BCUT2D eigenvalue weighted by molar-refractivity contribution is 5.99. The Hall–Kier alpha value is -1.55. The van der Waals surface area contributed by atoms with Crippen molar-refractivity contribution in [2.45, 2.75) is 13.8 Å². The second-order valence-electron chi connectivity index (χ2n) is 3.48. The molecule has 16 heavy (non-hydrogen) atoms. The van der Waals surface area contributed by atoms with Crippen LogP contribution in [0.1, 0.15) is 24.2 Å². The summed E-state index contributed by atoms with van der Waals surface area (Å²) in [7, 11) is 0. The van der Waals surface area contributed by atoms with Crippen LogP contribution in [0, 0.1) is 0 Å². The summed E-state index contributed by atoms with van der Waals surface area (Å²) in [5, 5.41) is 3.17. The third-order valence-electron chi connectivity index (χ3n) is 2.21. The molecule has 4 nitrogen and oxygen atoms in total. The Morgan fingerprint density at radius 3 is 2.81 bits per heavy atom. The second-order valence-corrected chi connectivity index (χ2v) is 3.48. The lowest BCUT2D eigenvalue weighted by atomic mass is 10.1. The molecule has 0 aliphatic carbocycles. The first-order valence-electron chi connectivity index (χ1n) is 5.37. The minimum atomic E-state index is -0.0154. The highest BCUT2D eigenvalue weighted by Gasteiger charge is 2.04. The maximum atomic E-state index is 11.2. The molecule has 1 aromatic carbocycles. The van der Waals surface area contributed by atoms with Crippen molar-refractivity contribution in [1.82, 2.24) is 0 Å². The zero-order chi connectivity index (χ0) is 12.0. The normalized spacial score (nSPS) is 10.1. The molecular weight excluding hydrogens is 204 g/mol. The molecule has 0 amide bonds. The smallest absolute Gasteiger partial charge is 0.161 e. The molecule has 0 saturated heterocycles. The number of hydrogen-bond donors (Lipinski definition) is 2. The molecular formula is C12H18N2O2. The van der Waals surface area contributed by atoms with Gasteiger partial charge in [0.1, 0.15) is 0 Å². The van der Waals surface area contributed by atoms with Gasteiger partial charge in [-0.3, -0.25) is 4.79 Å². The number of ether oxygens (including phenoxy) is 1. The molecule has 1 rings (SSSR count). The van der Waals surface area contributed by atoms with Crippen LogP contribution >= 0.6 is 0 Å². The zero-order valence-corrected chi connectivity index (χ0v) is 9.75. The van der Waals surface area contributed by atoms with Crippen molar-refractivity contribution in [3.8, 4) is 0 Å². The summed E-state index contributed by atoms with van der Waals surface area (Å²) in [6.07, 6.45) is 0. The molecule has 0 aliphatic rings. The standard InChI is InChI=1S/C12H18N2O2/c1-3-16-7-6-14-10-4-5-11(9(2)15)12(13)8-10/h4-5,8,14H,3,6-7,13H2,1-2H3. The van der Waals surface area contributed by atoms with Crippen LogP contribution in [0.15, 0.2) is 18.2 Å². The van der Waals surface area contributed by atoms with E-state index in [1.54, 1.807) is 12.1 Å². The second kappa shape index (κ2) is 6.12. The fourth-order valence-corrected chi connectivity index (χ4v) is 1.41. The predicted molar refractivity (Wildman–Crippen MR) is 65.8 cm³/mol. The highest BCUT2D eigenvalue weighted by atomic mass is 16.5. The van der Waals surface area contributed by atoms with Gasteiger partial charge in [-0.2, -0.15) is 0 Å². The summed E-state index contributed by atoms with van der Waals surface area (Å²) in [6.45, 7) is 5.57. The first-order valence-corrected chi connectivity index (χ1v) is 5.37. The highest BCUT2D eigenvalue weighted by Crippen LogP contribution is 2.18. The van der Waals surface area contributed by atoms with Crippen LogP contribution in [0.5, 0.6) is 0 Å². The van der Waals surface area contributed by atoms with Crippen molar-refractivity contribution in [2.75, 3.05) is 30.8 Å². The van der Waals surface area contributed by atoms with E-state index in [2.05, 4.69) is 5.32 Å². The molecule has 0 unspecified atom stereocenters. The molecule has 0 heterocycles. The van der Waals surface area contributed by atoms with E-state index in [0.29, 0.717) is 24.5 Å². The summed E-state index contributed by atoms with van der Waals surface area (Å²) in [5.41, 5.74) is 7.74. The average molecular weight is 222 g/mol. The van der Waals surface area contributed by atoms with E-state index in [1.165, 1.54) is 6.92 Å². The van der Waals surface area contributed by atoms with Crippen LogP contribution in [0.4, 0.5) is 11.4 Å². The minimum absolute atomic E-state index is 0.0154. The van der Waals surface area contributed by atoms with Crippen LogP contribution in [0.3, 0.4) is 0 Å². The summed E-state index contributed by atoms with van der Waals surface area (Å²) in [4.78, 5) is 11.2. The lowest BCUT2D eigenvalue weighted by Crippen LogP contribution is -2.10. The largest absolute Gasteiger partial charge is 0.398 e. The number of ketones is 1.